The largest absolute Gasteiger partial charge is 0.326 e. The van der Waals surface area contributed by atoms with Crippen LogP contribution in [0.2, 0.25) is 0 Å². The van der Waals surface area contributed by atoms with Crippen LogP contribution in [0, 0.1) is 0 Å². The maximum absolute atomic E-state index is 12.9. The summed E-state index contributed by atoms with van der Waals surface area (Å²) in [6.45, 7) is 3.49. The Morgan fingerprint density at radius 2 is 1.68 bits per heavy atom. The molecule has 1 saturated heterocycles. The van der Waals surface area contributed by atoms with Gasteiger partial charge < -0.3 is 11.1 Å². The van der Waals surface area contributed by atoms with Gasteiger partial charge in [-0.15, -0.1) is 12.4 Å². The van der Waals surface area contributed by atoms with Crippen LogP contribution in [0.15, 0.2) is 72.8 Å². The average Bonchev–Trinajstić information content (AvgIpc) is 3.10. The SMILES string of the molecule is CC(C(=O)Nc1cccc2ccccc12)N1C[C@@H](N)[C@H](c2ccccc2)C1.Cl. The number of nitrogens with zero attached hydrogens (tertiary/aromatic N) is 1. The molecule has 3 aromatic rings. The minimum atomic E-state index is -0.233. The molecule has 4 nitrogen and oxygen atoms in total. The standard InChI is InChI=1S/C23H25N3O.ClH/c1-16(26-14-20(21(24)15-26)18-8-3-2-4-9-18)23(27)25-22-13-7-11-17-10-5-6-12-19(17)22;/h2-13,16,20-21H,14-15,24H2,1H3,(H,25,27);1H/t16?,20-,21+;/m0./s1. The van der Waals surface area contributed by atoms with Gasteiger partial charge in [0.15, 0.2) is 0 Å². The lowest BCUT2D eigenvalue weighted by molar-refractivity contribution is -0.120. The fraction of sp³-hybridized carbons (Fsp3) is 0.261. The average molecular weight is 396 g/mol. The van der Waals surface area contributed by atoms with Crippen LogP contribution in [-0.4, -0.2) is 36.0 Å². The first-order valence-electron chi connectivity index (χ1n) is 9.46. The Morgan fingerprint density at radius 3 is 2.46 bits per heavy atom. The summed E-state index contributed by atoms with van der Waals surface area (Å²) in [5.74, 6) is 0.270. The molecule has 0 spiro atoms. The molecule has 5 heteroatoms. The summed E-state index contributed by atoms with van der Waals surface area (Å²) >= 11 is 0. The Kier molecular flexibility index (Phi) is 6.35. The summed E-state index contributed by atoms with van der Waals surface area (Å²) in [7, 11) is 0. The Morgan fingerprint density at radius 1 is 1.00 bits per heavy atom. The van der Waals surface area contributed by atoms with E-state index < -0.39 is 0 Å². The summed E-state index contributed by atoms with van der Waals surface area (Å²) in [6.07, 6.45) is 0. The summed E-state index contributed by atoms with van der Waals surface area (Å²) in [5.41, 5.74) is 8.49. The summed E-state index contributed by atoms with van der Waals surface area (Å²) in [4.78, 5) is 15.1. The summed E-state index contributed by atoms with van der Waals surface area (Å²) < 4.78 is 0. The van der Waals surface area contributed by atoms with E-state index in [9.17, 15) is 4.79 Å². The molecule has 28 heavy (non-hydrogen) atoms. The quantitative estimate of drug-likeness (QED) is 0.701. The van der Waals surface area contributed by atoms with Crippen LogP contribution in [0.5, 0.6) is 0 Å². The third kappa shape index (κ3) is 4.04. The topological polar surface area (TPSA) is 58.4 Å². The second-order valence-corrected chi connectivity index (χ2v) is 7.33. The first kappa shape index (κ1) is 20.3. The zero-order chi connectivity index (χ0) is 18.8. The predicted octanol–water partition coefficient (Wildman–Crippen LogP) is 4.02. The van der Waals surface area contributed by atoms with Crippen molar-refractivity contribution in [2.75, 3.05) is 18.4 Å². The molecule has 1 amide bonds. The van der Waals surface area contributed by atoms with Crippen molar-refractivity contribution in [1.29, 1.82) is 0 Å². The molecule has 0 bridgehead atoms. The van der Waals surface area contributed by atoms with E-state index >= 15 is 0 Å². The highest BCUT2D eigenvalue weighted by Crippen LogP contribution is 2.28. The number of rotatable bonds is 4. The van der Waals surface area contributed by atoms with Crippen LogP contribution in [0.25, 0.3) is 10.8 Å². The van der Waals surface area contributed by atoms with Crippen LogP contribution in [0.4, 0.5) is 5.69 Å². The van der Waals surface area contributed by atoms with E-state index in [1.807, 2.05) is 55.5 Å². The van der Waals surface area contributed by atoms with Gasteiger partial charge in [0.2, 0.25) is 5.91 Å². The number of likely N-dealkylation sites (tertiary alicyclic amines) is 1. The van der Waals surface area contributed by atoms with Crippen LogP contribution in [-0.2, 0) is 4.79 Å². The second kappa shape index (κ2) is 8.74. The minimum Gasteiger partial charge on any atom is -0.326 e. The predicted molar refractivity (Wildman–Crippen MR) is 118 cm³/mol. The van der Waals surface area contributed by atoms with Crippen LogP contribution in [0.3, 0.4) is 0 Å². The molecule has 3 aromatic carbocycles. The second-order valence-electron chi connectivity index (χ2n) is 7.33. The Bertz CT molecular complexity index is 941. The number of amides is 1. The van der Waals surface area contributed by atoms with E-state index in [0.717, 1.165) is 29.5 Å². The van der Waals surface area contributed by atoms with Crippen LogP contribution < -0.4 is 11.1 Å². The summed E-state index contributed by atoms with van der Waals surface area (Å²) in [5, 5.41) is 5.29. The molecular formula is C23H26ClN3O. The number of nitrogens with two attached hydrogens (primary N) is 1. The van der Waals surface area contributed by atoms with Crippen molar-refractivity contribution in [2.24, 2.45) is 5.73 Å². The molecule has 1 aliphatic rings. The van der Waals surface area contributed by atoms with Crippen molar-refractivity contribution in [3.05, 3.63) is 78.4 Å². The van der Waals surface area contributed by atoms with E-state index in [4.69, 9.17) is 5.73 Å². The van der Waals surface area contributed by atoms with E-state index in [0.29, 0.717) is 0 Å². The number of carbonyl (C=O) groups excluding carboxylic acids is 1. The first-order valence-corrected chi connectivity index (χ1v) is 9.46. The van der Waals surface area contributed by atoms with Gasteiger partial charge in [0.05, 0.1) is 6.04 Å². The molecule has 0 radical (unpaired) electrons. The van der Waals surface area contributed by atoms with Crippen molar-refractivity contribution in [3.8, 4) is 0 Å². The molecule has 1 fully saturated rings. The zero-order valence-electron chi connectivity index (χ0n) is 15.9. The fourth-order valence-corrected chi connectivity index (χ4v) is 3.97. The Hall–Kier alpha value is -2.40. The number of hydrogen-bond acceptors (Lipinski definition) is 3. The minimum absolute atomic E-state index is 0. The highest BCUT2D eigenvalue weighted by Gasteiger charge is 2.35. The molecule has 0 aromatic heterocycles. The number of fused-ring (bicyclic) bond motifs is 1. The molecule has 146 valence electrons. The smallest absolute Gasteiger partial charge is 0.241 e. The van der Waals surface area contributed by atoms with E-state index in [2.05, 4.69) is 34.5 Å². The van der Waals surface area contributed by atoms with Gasteiger partial charge in [-0.1, -0.05) is 66.7 Å². The molecule has 4 rings (SSSR count). The van der Waals surface area contributed by atoms with E-state index in [-0.39, 0.29) is 36.3 Å². The lowest BCUT2D eigenvalue weighted by Crippen LogP contribution is -2.41. The number of carbonyl (C=O) groups is 1. The maximum Gasteiger partial charge on any atom is 0.241 e. The fourth-order valence-electron chi connectivity index (χ4n) is 3.97. The van der Waals surface area contributed by atoms with Crippen molar-refractivity contribution < 1.29 is 4.79 Å². The molecule has 1 heterocycles. The molecule has 3 atom stereocenters. The van der Waals surface area contributed by atoms with E-state index in [1.54, 1.807) is 0 Å². The van der Waals surface area contributed by atoms with Gasteiger partial charge in [-0.25, -0.2) is 0 Å². The van der Waals surface area contributed by atoms with Gasteiger partial charge in [-0.05, 0) is 23.9 Å². The Labute approximate surface area is 172 Å². The third-order valence-corrected chi connectivity index (χ3v) is 5.60. The number of anilines is 1. The molecule has 0 saturated carbocycles. The number of halogens is 1. The van der Waals surface area contributed by atoms with Gasteiger partial charge in [0, 0.05) is 36.1 Å². The monoisotopic (exact) mass is 395 g/mol. The number of nitrogens with one attached hydrogen (secondary N) is 1. The summed E-state index contributed by atoms with van der Waals surface area (Å²) in [6, 6.07) is 24.2. The number of benzene rings is 3. The lowest BCUT2D eigenvalue weighted by Gasteiger charge is -2.23. The van der Waals surface area contributed by atoms with Crippen LogP contribution >= 0.6 is 12.4 Å². The maximum atomic E-state index is 12.9. The van der Waals surface area contributed by atoms with Gasteiger partial charge in [-0.3, -0.25) is 9.69 Å². The van der Waals surface area contributed by atoms with Crippen LogP contribution in [0.1, 0.15) is 18.4 Å². The van der Waals surface area contributed by atoms with Gasteiger partial charge >= 0.3 is 0 Å². The van der Waals surface area contributed by atoms with Crippen molar-refractivity contribution in [1.82, 2.24) is 4.90 Å². The van der Waals surface area contributed by atoms with Gasteiger partial charge in [0.1, 0.15) is 0 Å². The van der Waals surface area contributed by atoms with Crippen molar-refractivity contribution in [2.45, 2.75) is 24.9 Å². The number of hydrogen-bond donors (Lipinski definition) is 2. The zero-order valence-corrected chi connectivity index (χ0v) is 16.7. The molecule has 0 aliphatic carbocycles. The molecular weight excluding hydrogens is 370 g/mol. The highest BCUT2D eigenvalue weighted by molar-refractivity contribution is 6.03. The molecule has 3 N–H and O–H groups in total. The van der Waals surface area contributed by atoms with Crippen molar-refractivity contribution >= 4 is 34.8 Å². The van der Waals surface area contributed by atoms with E-state index in [1.165, 1.54) is 5.56 Å². The molecule has 1 aliphatic heterocycles. The highest BCUT2D eigenvalue weighted by atomic mass is 35.5. The molecule has 1 unspecified atom stereocenters. The first-order chi connectivity index (χ1) is 13.1. The third-order valence-electron chi connectivity index (χ3n) is 5.60. The lowest BCUT2D eigenvalue weighted by atomic mass is 9.95. The normalized spacial score (nSPS) is 20.5. The Balaban J connectivity index is 0.00000225. The van der Waals surface area contributed by atoms with Gasteiger partial charge in [0.25, 0.3) is 0 Å². The van der Waals surface area contributed by atoms with Crippen molar-refractivity contribution in [3.63, 3.8) is 0 Å². The van der Waals surface area contributed by atoms with Gasteiger partial charge in [-0.2, -0.15) is 0 Å².